The molecular weight excluding hydrogens is 368 g/mol. The van der Waals surface area contributed by atoms with Gasteiger partial charge in [0.25, 0.3) is 0 Å². The summed E-state index contributed by atoms with van der Waals surface area (Å²) in [5.41, 5.74) is 1.05. The van der Waals surface area contributed by atoms with Crippen LogP contribution in [-0.2, 0) is 13.0 Å². The van der Waals surface area contributed by atoms with Crippen LogP contribution in [0, 0.1) is 0 Å². The van der Waals surface area contributed by atoms with Crippen LogP contribution < -0.4 is 19.5 Å². The number of methoxy groups -OCH3 is 1. The number of rotatable bonds is 7. The zero-order chi connectivity index (χ0) is 17.8. The lowest BCUT2D eigenvalue weighted by Gasteiger charge is -2.22. The molecule has 1 atom stereocenters. The van der Waals surface area contributed by atoms with Crippen LogP contribution in [0.2, 0.25) is 0 Å². The molecule has 0 saturated carbocycles. The molecule has 26 heavy (non-hydrogen) atoms. The first-order valence-corrected chi connectivity index (χ1v) is 10.2. The molecule has 136 valence electrons. The number of hydrogen-bond donors (Lipinski definition) is 1. The van der Waals surface area contributed by atoms with Crippen LogP contribution >= 0.6 is 22.7 Å². The normalized spacial score (nSPS) is 14.2. The molecule has 1 unspecified atom stereocenters. The van der Waals surface area contributed by atoms with Gasteiger partial charge in [-0.2, -0.15) is 0 Å². The van der Waals surface area contributed by atoms with E-state index in [0.717, 1.165) is 34.2 Å². The van der Waals surface area contributed by atoms with E-state index in [1.807, 2.05) is 23.7 Å². The Morgan fingerprint density at radius 2 is 2.04 bits per heavy atom. The number of fused-ring (bicyclic) bond motifs is 1. The summed E-state index contributed by atoms with van der Waals surface area (Å²) in [5, 5.41) is 8.86. The molecule has 0 bridgehead atoms. The minimum Gasteiger partial charge on any atom is -0.496 e. The molecule has 0 amide bonds. The van der Waals surface area contributed by atoms with Crippen LogP contribution in [-0.4, -0.2) is 25.3 Å². The Labute approximate surface area is 160 Å². The molecule has 3 heterocycles. The number of thiophene rings is 1. The first-order valence-electron chi connectivity index (χ1n) is 8.45. The van der Waals surface area contributed by atoms with Crippen molar-refractivity contribution >= 4 is 22.7 Å². The second-order valence-corrected chi connectivity index (χ2v) is 7.85. The van der Waals surface area contributed by atoms with Crippen LogP contribution in [0.15, 0.2) is 41.2 Å². The summed E-state index contributed by atoms with van der Waals surface area (Å²) in [4.78, 5) is 5.85. The topological polar surface area (TPSA) is 52.6 Å². The number of hydrogen-bond acceptors (Lipinski definition) is 7. The predicted molar refractivity (Wildman–Crippen MR) is 104 cm³/mol. The van der Waals surface area contributed by atoms with E-state index in [9.17, 15) is 0 Å². The van der Waals surface area contributed by atoms with Crippen LogP contribution in [0.1, 0.15) is 21.5 Å². The third-order valence-corrected chi connectivity index (χ3v) is 6.01. The van der Waals surface area contributed by atoms with Gasteiger partial charge in [0.15, 0.2) is 11.5 Å². The quantitative estimate of drug-likeness (QED) is 0.662. The fraction of sp³-hybridized carbons (Fsp3) is 0.316. The van der Waals surface area contributed by atoms with E-state index in [0.29, 0.717) is 19.8 Å². The van der Waals surface area contributed by atoms with Crippen molar-refractivity contribution in [2.24, 2.45) is 0 Å². The fourth-order valence-electron chi connectivity index (χ4n) is 2.96. The molecule has 0 aliphatic carbocycles. The Kier molecular flexibility index (Phi) is 5.38. The second-order valence-electron chi connectivity index (χ2n) is 5.90. The number of nitrogens with one attached hydrogen (secondary N) is 1. The van der Waals surface area contributed by atoms with Crippen molar-refractivity contribution in [1.82, 2.24) is 10.3 Å². The van der Waals surface area contributed by atoms with Gasteiger partial charge in [-0.3, -0.25) is 0 Å². The van der Waals surface area contributed by atoms with E-state index < -0.39 is 0 Å². The lowest BCUT2D eigenvalue weighted by molar-refractivity contribution is 0.170. The van der Waals surface area contributed by atoms with Crippen molar-refractivity contribution in [3.8, 4) is 17.2 Å². The highest BCUT2D eigenvalue weighted by molar-refractivity contribution is 7.10. The van der Waals surface area contributed by atoms with Gasteiger partial charge in [-0.1, -0.05) is 6.07 Å². The molecule has 0 fully saturated rings. The van der Waals surface area contributed by atoms with Gasteiger partial charge in [0.1, 0.15) is 24.0 Å². The maximum Gasteiger partial charge on any atom is 0.165 e. The second kappa shape index (κ2) is 8.07. The summed E-state index contributed by atoms with van der Waals surface area (Å²) in [6, 6.07) is 8.32. The molecule has 1 aromatic carbocycles. The summed E-state index contributed by atoms with van der Waals surface area (Å²) in [6.45, 7) is 1.81. The van der Waals surface area contributed by atoms with Gasteiger partial charge in [-0.05, 0) is 17.5 Å². The molecule has 1 aliphatic rings. The number of nitrogens with zero attached hydrogens (tertiary/aromatic N) is 1. The van der Waals surface area contributed by atoms with Gasteiger partial charge in [0.05, 0.1) is 13.2 Å². The molecule has 3 aromatic rings. The molecule has 7 heteroatoms. The zero-order valence-electron chi connectivity index (χ0n) is 14.4. The van der Waals surface area contributed by atoms with Crippen molar-refractivity contribution < 1.29 is 14.2 Å². The van der Waals surface area contributed by atoms with Gasteiger partial charge in [0.2, 0.25) is 0 Å². The monoisotopic (exact) mass is 388 g/mol. The largest absolute Gasteiger partial charge is 0.496 e. The number of aromatic nitrogens is 1. The molecule has 5 nitrogen and oxygen atoms in total. The van der Waals surface area contributed by atoms with E-state index in [1.165, 1.54) is 4.88 Å². The lowest BCUT2D eigenvalue weighted by Crippen LogP contribution is -2.23. The highest BCUT2D eigenvalue weighted by Gasteiger charge is 2.19. The van der Waals surface area contributed by atoms with Crippen molar-refractivity contribution in [3.05, 3.63) is 56.7 Å². The number of benzene rings is 1. The molecule has 0 radical (unpaired) electrons. The molecule has 0 spiro atoms. The summed E-state index contributed by atoms with van der Waals surface area (Å²) < 4.78 is 16.9. The Morgan fingerprint density at radius 3 is 2.73 bits per heavy atom. The maximum absolute atomic E-state index is 5.71. The van der Waals surface area contributed by atoms with Crippen molar-refractivity contribution in [3.63, 3.8) is 0 Å². The molecule has 4 rings (SSSR count). The summed E-state index contributed by atoms with van der Waals surface area (Å²) in [7, 11) is 1.68. The molecular formula is C19H20N2O3S2. The van der Waals surface area contributed by atoms with E-state index in [-0.39, 0.29) is 6.04 Å². The van der Waals surface area contributed by atoms with E-state index in [4.69, 9.17) is 14.2 Å². The fourth-order valence-corrected chi connectivity index (χ4v) is 4.42. The van der Waals surface area contributed by atoms with Gasteiger partial charge in [-0.25, -0.2) is 4.98 Å². The lowest BCUT2D eigenvalue weighted by atomic mass is 10.1. The van der Waals surface area contributed by atoms with E-state index in [2.05, 4.69) is 27.8 Å². The average Bonchev–Trinajstić information content (AvgIpc) is 3.38. The minimum atomic E-state index is 0.159. The highest BCUT2D eigenvalue weighted by atomic mass is 32.1. The Hall–Kier alpha value is -2.09. The third-order valence-electron chi connectivity index (χ3n) is 4.22. The van der Waals surface area contributed by atoms with Crippen molar-refractivity contribution in [1.29, 1.82) is 0 Å². The van der Waals surface area contributed by atoms with Crippen LogP contribution in [0.4, 0.5) is 0 Å². The van der Waals surface area contributed by atoms with E-state index in [1.54, 1.807) is 29.8 Å². The van der Waals surface area contributed by atoms with Gasteiger partial charge < -0.3 is 19.5 Å². The highest BCUT2D eigenvalue weighted by Crippen LogP contribution is 2.37. The average molecular weight is 389 g/mol. The first kappa shape index (κ1) is 17.3. The first-order chi connectivity index (χ1) is 12.8. The van der Waals surface area contributed by atoms with Crippen LogP contribution in [0.25, 0.3) is 0 Å². The standard InChI is InChI=1S/C19H20N2O3S2/c1-22-16-11-18-17(23-5-6-24-18)9-13(16)12-21-15(19-20-4-8-26-19)10-14-3-2-7-25-14/h2-4,7-9,11,15,21H,5-6,10,12H2,1H3. The predicted octanol–water partition coefficient (Wildman–Crippen LogP) is 4.06. The minimum absolute atomic E-state index is 0.159. The van der Waals surface area contributed by atoms with Crippen molar-refractivity contribution in [2.75, 3.05) is 20.3 Å². The summed E-state index contributed by atoms with van der Waals surface area (Å²) in [5.74, 6) is 2.32. The molecule has 1 aliphatic heterocycles. The SMILES string of the molecule is COc1cc2c(cc1CNC(Cc1cccs1)c1nccs1)OCCO2. The maximum atomic E-state index is 5.71. The summed E-state index contributed by atoms with van der Waals surface area (Å²) in [6.07, 6.45) is 2.77. The Morgan fingerprint density at radius 1 is 1.19 bits per heavy atom. The van der Waals surface area contributed by atoms with Crippen LogP contribution in [0.3, 0.4) is 0 Å². The van der Waals surface area contributed by atoms with Crippen molar-refractivity contribution in [2.45, 2.75) is 19.0 Å². The summed E-state index contributed by atoms with van der Waals surface area (Å²) >= 11 is 3.45. The smallest absolute Gasteiger partial charge is 0.165 e. The Balaban J connectivity index is 1.53. The molecule has 2 aromatic heterocycles. The Bertz CT molecular complexity index is 835. The number of ether oxygens (including phenoxy) is 3. The van der Waals surface area contributed by atoms with Gasteiger partial charge >= 0.3 is 0 Å². The van der Waals surface area contributed by atoms with Gasteiger partial charge in [0, 0.05) is 41.0 Å². The third kappa shape index (κ3) is 3.85. The van der Waals surface area contributed by atoms with Crippen LogP contribution in [0.5, 0.6) is 17.2 Å². The van der Waals surface area contributed by atoms with Gasteiger partial charge in [-0.15, -0.1) is 22.7 Å². The molecule has 1 N–H and O–H groups in total. The number of thiazole rings is 1. The molecule has 0 saturated heterocycles. The zero-order valence-corrected chi connectivity index (χ0v) is 16.1. The van der Waals surface area contributed by atoms with E-state index >= 15 is 0 Å².